The minimum absolute atomic E-state index is 0.135. The lowest BCUT2D eigenvalue weighted by atomic mass is 9.69. The van der Waals surface area contributed by atoms with Crippen LogP contribution in [-0.2, 0) is 10.8 Å². The summed E-state index contributed by atoms with van der Waals surface area (Å²) < 4.78 is 0. The van der Waals surface area contributed by atoms with Crippen LogP contribution in [0.3, 0.4) is 0 Å². The van der Waals surface area contributed by atoms with Gasteiger partial charge in [0, 0.05) is 5.41 Å². The number of fused-ring (bicyclic) bond motifs is 1. The van der Waals surface area contributed by atoms with Crippen molar-refractivity contribution >= 4 is 11.9 Å². The van der Waals surface area contributed by atoms with Crippen molar-refractivity contribution in [2.45, 2.75) is 76.5 Å². The lowest BCUT2D eigenvalue weighted by Gasteiger charge is -2.34. The number of unbranched alkanes of at least 4 members (excludes halogenated alkanes) is 2. The Kier molecular flexibility index (Phi) is 6.35. The quantitative estimate of drug-likeness (QED) is 0.503. The summed E-state index contributed by atoms with van der Waals surface area (Å²) in [5, 5.41) is 19.1. The Balaban J connectivity index is 2.25. The minimum Gasteiger partial charge on any atom is -0.478 e. The van der Waals surface area contributed by atoms with Crippen molar-refractivity contribution < 1.29 is 19.8 Å². The van der Waals surface area contributed by atoms with E-state index >= 15 is 0 Å². The molecule has 2 aromatic rings. The number of hydrogen-bond donors (Lipinski definition) is 2. The molecule has 4 heteroatoms. The number of carboxylic acid groups (broad SMARTS) is 2. The summed E-state index contributed by atoms with van der Waals surface area (Å²) in [6, 6.07) is 12.9. The van der Waals surface area contributed by atoms with Crippen LogP contribution in [-0.4, -0.2) is 22.2 Å². The molecule has 1 aliphatic rings. The molecule has 2 atom stereocenters. The number of carboxylic acids is 2. The molecule has 2 N–H and O–H groups in total. The van der Waals surface area contributed by atoms with E-state index in [-0.39, 0.29) is 10.8 Å². The highest BCUT2D eigenvalue weighted by Crippen LogP contribution is 2.57. The van der Waals surface area contributed by atoms with Crippen molar-refractivity contribution in [3.63, 3.8) is 0 Å². The van der Waals surface area contributed by atoms with Crippen molar-refractivity contribution in [3.05, 3.63) is 70.3 Å². The van der Waals surface area contributed by atoms with Crippen LogP contribution in [0.2, 0.25) is 0 Å². The predicted molar refractivity (Wildman–Crippen MR) is 119 cm³/mol. The second-order valence-corrected chi connectivity index (χ2v) is 8.98. The van der Waals surface area contributed by atoms with Gasteiger partial charge in [-0.05, 0) is 65.6 Å². The predicted octanol–water partition coefficient (Wildman–Crippen LogP) is 6.41. The fourth-order valence-corrected chi connectivity index (χ4v) is 5.29. The average molecular weight is 409 g/mol. The zero-order valence-electron chi connectivity index (χ0n) is 18.2. The van der Waals surface area contributed by atoms with Gasteiger partial charge in [-0.25, -0.2) is 9.59 Å². The molecule has 0 radical (unpaired) electrons. The Morgan fingerprint density at radius 2 is 1.50 bits per heavy atom. The Morgan fingerprint density at radius 3 is 2.13 bits per heavy atom. The van der Waals surface area contributed by atoms with Crippen molar-refractivity contribution in [2.24, 2.45) is 0 Å². The van der Waals surface area contributed by atoms with Gasteiger partial charge in [0.05, 0.1) is 11.1 Å². The Labute approximate surface area is 179 Å². The molecular weight excluding hydrogens is 376 g/mol. The van der Waals surface area contributed by atoms with E-state index in [1.54, 1.807) is 12.1 Å². The SMILES string of the molecule is CCCCC1(C)CC(CCCC)(c2cccc(C(=O)O)c2)c2ccc(C(=O)O)cc21. The zero-order chi connectivity index (χ0) is 21.9. The summed E-state index contributed by atoms with van der Waals surface area (Å²) in [5.41, 5.74) is 3.51. The zero-order valence-corrected chi connectivity index (χ0v) is 18.2. The molecule has 0 spiro atoms. The minimum atomic E-state index is -0.921. The van der Waals surface area contributed by atoms with Gasteiger partial charge in [0.1, 0.15) is 0 Å². The van der Waals surface area contributed by atoms with Crippen LogP contribution in [0.25, 0.3) is 0 Å². The number of aromatic carboxylic acids is 2. The number of benzene rings is 2. The molecule has 0 bridgehead atoms. The molecule has 3 rings (SSSR count). The second kappa shape index (κ2) is 8.63. The lowest BCUT2D eigenvalue weighted by molar-refractivity contribution is 0.0686. The summed E-state index contributed by atoms with van der Waals surface area (Å²) in [4.78, 5) is 23.3. The smallest absolute Gasteiger partial charge is 0.335 e. The molecule has 30 heavy (non-hydrogen) atoms. The van der Waals surface area contributed by atoms with E-state index < -0.39 is 11.9 Å². The first-order valence-corrected chi connectivity index (χ1v) is 11.0. The molecule has 0 fully saturated rings. The highest BCUT2D eigenvalue weighted by atomic mass is 16.4. The third-order valence-electron chi connectivity index (χ3n) is 6.83. The highest BCUT2D eigenvalue weighted by molar-refractivity contribution is 5.89. The van der Waals surface area contributed by atoms with E-state index in [0.29, 0.717) is 11.1 Å². The molecule has 1 aliphatic carbocycles. The molecule has 4 nitrogen and oxygen atoms in total. The van der Waals surface area contributed by atoms with Gasteiger partial charge >= 0.3 is 11.9 Å². The Hall–Kier alpha value is -2.62. The number of rotatable bonds is 9. The highest BCUT2D eigenvalue weighted by Gasteiger charge is 2.50. The van der Waals surface area contributed by atoms with E-state index in [2.05, 4.69) is 20.8 Å². The van der Waals surface area contributed by atoms with E-state index in [4.69, 9.17) is 0 Å². The van der Waals surface area contributed by atoms with Crippen LogP contribution in [0.5, 0.6) is 0 Å². The summed E-state index contributed by atoms with van der Waals surface area (Å²) in [6.07, 6.45) is 7.03. The van der Waals surface area contributed by atoms with Gasteiger partial charge in [-0.3, -0.25) is 0 Å². The summed E-state index contributed by atoms with van der Waals surface area (Å²) in [5.74, 6) is -1.83. The van der Waals surface area contributed by atoms with Crippen LogP contribution in [0.15, 0.2) is 42.5 Å². The number of carbonyl (C=O) groups is 2. The third-order valence-corrected chi connectivity index (χ3v) is 6.83. The van der Waals surface area contributed by atoms with E-state index in [9.17, 15) is 19.8 Å². The maximum absolute atomic E-state index is 11.7. The van der Waals surface area contributed by atoms with E-state index in [1.165, 1.54) is 5.56 Å². The van der Waals surface area contributed by atoms with Crippen molar-refractivity contribution in [1.82, 2.24) is 0 Å². The van der Waals surface area contributed by atoms with Crippen molar-refractivity contribution in [3.8, 4) is 0 Å². The Bertz CT molecular complexity index is 948. The second-order valence-electron chi connectivity index (χ2n) is 8.98. The molecule has 0 amide bonds. The molecule has 160 valence electrons. The molecule has 0 aromatic heterocycles. The molecule has 2 aromatic carbocycles. The molecule has 2 unspecified atom stereocenters. The monoisotopic (exact) mass is 408 g/mol. The maximum atomic E-state index is 11.7. The Morgan fingerprint density at radius 1 is 0.867 bits per heavy atom. The fraction of sp³-hybridized carbons (Fsp3) is 0.462. The first-order valence-electron chi connectivity index (χ1n) is 11.0. The van der Waals surface area contributed by atoms with E-state index in [0.717, 1.165) is 56.1 Å². The lowest BCUT2D eigenvalue weighted by Crippen LogP contribution is -2.29. The van der Waals surface area contributed by atoms with Gasteiger partial charge in [0.15, 0.2) is 0 Å². The molecule has 0 heterocycles. The van der Waals surface area contributed by atoms with Crippen LogP contribution in [0, 0.1) is 0 Å². The van der Waals surface area contributed by atoms with Gasteiger partial charge in [-0.1, -0.05) is 64.7 Å². The van der Waals surface area contributed by atoms with Crippen LogP contribution < -0.4 is 0 Å². The van der Waals surface area contributed by atoms with Gasteiger partial charge < -0.3 is 10.2 Å². The molecule has 0 saturated carbocycles. The number of hydrogen-bond acceptors (Lipinski definition) is 2. The normalized spacial score (nSPS) is 22.6. The van der Waals surface area contributed by atoms with Crippen LogP contribution in [0.4, 0.5) is 0 Å². The first kappa shape index (κ1) is 22.1. The molecule has 0 aliphatic heterocycles. The molecule has 0 saturated heterocycles. The van der Waals surface area contributed by atoms with Gasteiger partial charge in [0.2, 0.25) is 0 Å². The van der Waals surface area contributed by atoms with Crippen LogP contribution >= 0.6 is 0 Å². The van der Waals surface area contributed by atoms with Crippen molar-refractivity contribution in [1.29, 1.82) is 0 Å². The third kappa shape index (κ3) is 3.88. The van der Waals surface area contributed by atoms with Gasteiger partial charge in [0.25, 0.3) is 0 Å². The standard InChI is InChI=1S/C26H32O4/c1-4-6-13-25(3)17-26(14-7-5-2,20-10-8-9-18(15-20)23(27)28)21-12-11-19(24(29)30)16-22(21)25/h8-12,15-16H,4-7,13-14,17H2,1-3H3,(H,27,28)(H,29,30). The molecular formula is C26H32O4. The fourth-order valence-electron chi connectivity index (χ4n) is 5.29. The largest absolute Gasteiger partial charge is 0.478 e. The topological polar surface area (TPSA) is 74.6 Å². The summed E-state index contributed by atoms with van der Waals surface area (Å²) in [7, 11) is 0. The van der Waals surface area contributed by atoms with Gasteiger partial charge in [-0.15, -0.1) is 0 Å². The maximum Gasteiger partial charge on any atom is 0.335 e. The average Bonchev–Trinajstić information content (AvgIpc) is 3.00. The van der Waals surface area contributed by atoms with Crippen molar-refractivity contribution in [2.75, 3.05) is 0 Å². The van der Waals surface area contributed by atoms with Gasteiger partial charge in [-0.2, -0.15) is 0 Å². The van der Waals surface area contributed by atoms with E-state index in [1.807, 2.05) is 30.3 Å². The summed E-state index contributed by atoms with van der Waals surface area (Å²) >= 11 is 0. The van der Waals surface area contributed by atoms with Crippen LogP contribution in [0.1, 0.15) is 103 Å². The first-order chi connectivity index (χ1) is 14.3. The summed E-state index contributed by atoms with van der Waals surface area (Å²) in [6.45, 7) is 6.59.